The van der Waals surface area contributed by atoms with Gasteiger partial charge in [-0.2, -0.15) is 4.99 Å². The molecule has 6 heteroatoms. The normalized spacial score (nSPS) is 10.0. The number of aryl methyl sites for hydroxylation is 2. The number of amides is 2. The number of nitrogens with zero attached hydrogens (tertiary/aromatic N) is 1. The molecular weight excluding hydrogens is 292 g/mol. The second-order valence-corrected chi connectivity index (χ2v) is 5.17. The van der Waals surface area contributed by atoms with Gasteiger partial charge in [0.25, 0.3) is 0 Å². The van der Waals surface area contributed by atoms with Crippen molar-refractivity contribution in [3.8, 4) is 5.75 Å². The van der Waals surface area contributed by atoms with Crippen LogP contribution in [0.25, 0.3) is 0 Å². The molecule has 0 atom stereocenters. The molecule has 2 aromatic rings. The van der Waals surface area contributed by atoms with E-state index >= 15 is 0 Å². The lowest BCUT2D eigenvalue weighted by molar-refractivity contribution is 0.259. The largest absolute Gasteiger partial charge is 0.489 e. The quantitative estimate of drug-likeness (QED) is 0.596. The fraction of sp³-hybridized carbons (Fsp3) is 0.176. The lowest BCUT2D eigenvalue weighted by atomic mass is 10.1. The lowest BCUT2D eigenvalue weighted by Crippen LogP contribution is -2.25. The number of hydrogen-bond acceptors (Lipinski definition) is 2. The van der Waals surface area contributed by atoms with E-state index in [2.05, 4.69) is 10.3 Å². The number of hydrogen-bond donors (Lipinski definition) is 3. The van der Waals surface area contributed by atoms with Gasteiger partial charge in [0.1, 0.15) is 12.4 Å². The molecule has 0 aromatic heterocycles. The molecule has 0 aliphatic carbocycles. The van der Waals surface area contributed by atoms with Crippen LogP contribution in [0, 0.1) is 13.8 Å². The fourth-order valence-corrected chi connectivity index (χ4v) is 2.20. The summed E-state index contributed by atoms with van der Waals surface area (Å²) < 4.78 is 5.80. The van der Waals surface area contributed by atoms with Crippen molar-refractivity contribution in [2.75, 3.05) is 5.32 Å². The molecule has 0 unspecified atom stereocenters. The van der Waals surface area contributed by atoms with Crippen molar-refractivity contribution in [3.63, 3.8) is 0 Å². The molecule has 2 aromatic carbocycles. The first-order valence-corrected chi connectivity index (χ1v) is 7.14. The average molecular weight is 312 g/mol. The number of urea groups is 1. The van der Waals surface area contributed by atoms with Gasteiger partial charge < -0.3 is 21.5 Å². The third-order valence-corrected chi connectivity index (χ3v) is 3.22. The summed E-state index contributed by atoms with van der Waals surface area (Å²) in [6.45, 7) is 4.25. The van der Waals surface area contributed by atoms with Crippen molar-refractivity contribution < 1.29 is 9.53 Å². The van der Waals surface area contributed by atoms with Crippen LogP contribution in [0.5, 0.6) is 5.75 Å². The average Bonchev–Trinajstić information content (AvgIpc) is 2.49. The summed E-state index contributed by atoms with van der Waals surface area (Å²) in [7, 11) is 0. The minimum absolute atomic E-state index is 0.277. The van der Waals surface area contributed by atoms with Crippen LogP contribution < -0.4 is 21.5 Å². The van der Waals surface area contributed by atoms with E-state index in [0.29, 0.717) is 12.3 Å². The molecule has 6 nitrogen and oxygen atoms in total. The Kier molecular flexibility index (Phi) is 5.19. The molecule has 0 aliphatic heterocycles. The van der Waals surface area contributed by atoms with E-state index in [0.717, 1.165) is 22.4 Å². The number of ether oxygens (including phenoxy) is 1. The summed E-state index contributed by atoms with van der Waals surface area (Å²) in [6.07, 6.45) is 0. The second-order valence-electron chi connectivity index (χ2n) is 5.17. The van der Waals surface area contributed by atoms with Crippen molar-refractivity contribution >= 4 is 17.7 Å². The predicted octanol–water partition coefficient (Wildman–Crippen LogP) is 2.69. The molecule has 2 amide bonds. The minimum atomic E-state index is -0.603. The van der Waals surface area contributed by atoms with E-state index in [-0.39, 0.29) is 5.96 Å². The topological polar surface area (TPSA) is 103 Å². The monoisotopic (exact) mass is 312 g/mol. The van der Waals surface area contributed by atoms with E-state index in [9.17, 15) is 4.79 Å². The summed E-state index contributed by atoms with van der Waals surface area (Å²) in [6, 6.07) is 13.0. The maximum Gasteiger partial charge on any atom is 0.348 e. The molecule has 23 heavy (non-hydrogen) atoms. The molecule has 5 N–H and O–H groups in total. The number of rotatable bonds is 4. The van der Waals surface area contributed by atoms with Crippen molar-refractivity contribution in [3.05, 3.63) is 59.2 Å². The Labute approximate surface area is 135 Å². The van der Waals surface area contributed by atoms with Gasteiger partial charge in [-0.1, -0.05) is 30.3 Å². The molecule has 0 saturated heterocycles. The Balaban J connectivity index is 2.10. The standard InChI is InChI=1S/C17H20N4O2/c1-11-8-14(23-10-13-6-4-3-5-7-13)9-12(2)15(11)20-17(22)21-16(18)19/h3-9H,10H2,1-2H3,(H5,18,19,20,21,22). The second kappa shape index (κ2) is 7.31. The Hall–Kier alpha value is -3.02. The molecular formula is C17H20N4O2. The van der Waals surface area contributed by atoms with Crippen LogP contribution in [0.1, 0.15) is 16.7 Å². The number of nitrogens with two attached hydrogens (primary N) is 2. The number of benzene rings is 2. The molecule has 0 heterocycles. The Morgan fingerprint density at radius 1 is 1.13 bits per heavy atom. The maximum absolute atomic E-state index is 11.6. The van der Waals surface area contributed by atoms with Crippen LogP contribution in [0.4, 0.5) is 10.5 Å². The highest BCUT2D eigenvalue weighted by atomic mass is 16.5. The molecule has 0 saturated carbocycles. The summed E-state index contributed by atoms with van der Waals surface area (Å²) in [5.74, 6) is 0.462. The lowest BCUT2D eigenvalue weighted by Gasteiger charge is -2.13. The van der Waals surface area contributed by atoms with E-state index in [1.54, 1.807) is 0 Å². The van der Waals surface area contributed by atoms with E-state index in [1.807, 2.05) is 56.3 Å². The summed E-state index contributed by atoms with van der Waals surface area (Å²) in [4.78, 5) is 15.1. The fourth-order valence-electron chi connectivity index (χ4n) is 2.20. The smallest absolute Gasteiger partial charge is 0.348 e. The zero-order valence-electron chi connectivity index (χ0n) is 13.2. The predicted molar refractivity (Wildman–Crippen MR) is 91.5 cm³/mol. The Morgan fingerprint density at radius 3 is 2.30 bits per heavy atom. The zero-order chi connectivity index (χ0) is 16.8. The maximum atomic E-state index is 11.6. The van der Waals surface area contributed by atoms with Crippen LogP contribution >= 0.6 is 0 Å². The molecule has 120 valence electrons. The van der Waals surface area contributed by atoms with Gasteiger partial charge in [-0.25, -0.2) is 4.79 Å². The van der Waals surface area contributed by atoms with Crippen molar-refractivity contribution in [2.24, 2.45) is 16.5 Å². The Bertz CT molecular complexity index is 700. The van der Waals surface area contributed by atoms with Crippen LogP contribution in [0.15, 0.2) is 47.5 Å². The van der Waals surface area contributed by atoms with E-state index in [4.69, 9.17) is 16.2 Å². The molecule has 0 spiro atoms. The number of nitrogens with one attached hydrogen (secondary N) is 1. The van der Waals surface area contributed by atoms with E-state index < -0.39 is 6.03 Å². The van der Waals surface area contributed by atoms with Gasteiger partial charge in [0, 0.05) is 5.69 Å². The highest BCUT2D eigenvalue weighted by Crippen LogP contribution is 2.27. The van der Waals surface area contributed by atoms with Gasteiger partial charge in [-0.3, -0.25) is 0 Å². The summed E-state index contributed by atoms with van der Waals surface area (Å²) in [5, 5.41) is 2.67. The summed E-state index contributed by atoms with van der Waals surface area (Å²) in [5.41, 5.74) is 13.9. The third-order valence-electron chi connectivity index (χ3n) is 3.22. The zero-order valence-corrected chi connectivity index (χ0v) is 13.2. The number of anilines is 1. The Morgan fingerprint density at radius 2 is 1.74 bits per heavy atom. The SMILES string of the molecule is Cc1cc(OCc2ccccc2)cc(C)c1NC(=O)N=C(N)N. The molecule has 0 aliphatic rings. The summed E-state index contributed by atoms with van der Waals surface area (Å²) >= 11 is 0. The van der Waals surface area contributed by atoms with Gasteiger partial charge in [-0.15, -0.1) is 0 Å². The molecule has 0 radical (unpaired) electrons. The van der Waals surface area contributed by atoms with Gasteiger partial charge in [0.2, 0.25) is 0 Å². The van der Waals surface area contributed by atoms with Gasteiger partial charge >= 0.3 is 6.03 Å². The third kappa shape index (κ3) is 4.74. The number of guanidine groups is 1. The van der Waals surface area contributed by atoms with Crippen molar-refractivity contribution in [2.45, 2.75) is 20.5 Å². The number of aliphatic imine (C=N–C) groups is 1. The van der Waals surface area contributed by atoms with E-state index in [1.165, 1.54) is 0 Å². The highest BCUT2D eigenvalue weighted by molar-refractivity contribution is 5.99. The first-order chi connectivity index (χ1) is 11.0. The van der Waals surface area contributed by atoms with Gasteiger partial charge in [0.05, 0.1) is 0 Å². The molecule has 0 bridgehead atoms. The van der Waals surface area contributed by atoms with Crippen molar-refractivity contribution in [1.82, 2.24) is 0 Å². The first kappa shape index (κ1) is 16.4. The number of carbonyl (C=O) groups excluding carboxylic acids is 1. The number of carbonyl (C=O) groups is 1. The highest BCUT2D eigenvalue weighted by Gasteiger charge is 2.09. The minimum Gasteiger partial charge on any atom is -0.489 e. The molecule has 2 rings (SSSR count). The molecule has 0 fully saturated rings. The van der Waals surface area contributed by atoms with Crippen LogP contribution in [-0.4, -0.2) is 12.0 Å². The van der Waals surface area contributed by atoms with Crippen LogP contribution in [0.2, 0.25) is 0 Å². The van der Waals surface area contributed by atoms with Gasteiger partial charge in [0.15, 0.2) is 5.96 Å². The van der Waals surface area contributed by atoms with Crippen LogP contribution in [0.3, 0.4) is 0 Å². The van der Waals surface area contributed by atoms with Crippen LogP contribution in [-0.2, 0) is 6.61 Å². The van der Waals surface area contributed by atoms with Crippen molar-refractivity contribution in [1.29, 1.82) is 0 Å². The first-order valence-electron chi connectivity index (χ1n) is 7.14. The van der Waals surface area contributed by atoms with Gasteiger partial charge in [-0.05, 0) is 42.7 Å².